The third-order valence-electron chi connectivity index (χ3n) is 1.71. The quantitative estimate of drug-likeness (QED) is 0.792. The van der Waals surface area contributed by atoms with Gasteiger partial charge in [-0.25, -0.2) is 18.4 Å². The van der Waals surface area contributed by atoms with Crippen LogP contribution in [-0.4, -0.2) is 33.6 Å². The zero-order chi connectivity index (χ0) is 10.8. The number of aromatic carboxylic acids is 1. The number of carboxylic acids is 1. The lowest BCUT2D eigenvalue weighted by atomic mass is 10.3. The van der Waals surface area contributed by atoms with Crippen LogP contribution in [0.1, 0.15) is 10.4 Å². The zero-order valence-corrected chi connectivity index (χ0v) is 8.61. The first kappa shape index (κ1) is 10.6. The van der Waals surface area contributed by atoms with Crippen LogP contribution >= 0.6 is 0 Å². The molecule has 1 aromatic heterocycles. The first-order valence-corrected chi connectivity index (χ1v) is 5.70. The lowest BCUT2D eigenvalue weighted by molar-refractivity contribution is 0.0692. The highest BCUT2D eigenvalue weighted by Crippen LogP contribution is 2.13. The van der Waals surface area contributed by atoms with Crippen LogP contribution in [0.4, 0.5) is 0 Å². The molecule has 0 spiro atoms. The molecule has 0 aromatic carbocycles. The highest BCUT2D eigenvalue weighted by atomic mass is 32.2. The van der Waals surface area contributed by atoms with Gasteiger partial charge in [-0.15, -0.1) is 0 Å². The highest BCUT2D eigenvalue weighted by molar-refractivity contribution is 7.92. The van der Waals surface area contributed by atoms with E-state index in [0.717, 1.165) is 0 Å². The second-order valence-electron chi connectivity index (χ2n) is 2.65. The average molecular weight is 214 g/mol. The van der Waals surface area contributed by atoms with Gasteiger partial charge in [0.2, 0.25) is 0 Å². The minimum atomic E-state index is -2.69. The van der Waals surface area contributed by atoms with E-state index in [0.29, 0.717) is 0 Å². The van der Waals surface area contributed by atoms with Gasteiger partial charge in [-0.2, -0.15) is 0 Å². The molecule has 1 aromatic rings. The van der Waals surface area contributed by atoms with Gasteiger partial charge in [0.05, 0.1) is 15.3 Å². The van der Waals surface area contributed by atoms with Gasteiger partial charge in [0.1, 0.15) is 5.03 Å². The van der Waals surface area contributed by atoms with Gasteiger partial charge in [0.15, 0.2) is 0 Å². The maximum absolute atomic E-state index is 11.8. The van der Waals surface area contributed by atoms with Crippen LogP contribution in [0, 0.1) is 0 Å². The molecule has 0 amide bonds. The Bertz CT molecular complexity index is 475. The Morgan fingerprint density at radius 1 is 1.64 bits per heavy atom. The Labute approximate surface area is 82.0 Å². The van der Waals surface area contributed by atoms with Crippen molar-refractivity contribution in [2.75, 3.05) is 13.3 Å². The lowest BCUT2D eigenvalue weighted by Gasteiger charge is -2.04. The lowest BCUT2D eigenvalue weighted by Crippen LogP contribution is -2.09. The summed E-state index contributed by atoms with van der Waals surface area (Å²) >= 11 is 0. The van der Waals surface area contributed by atoms with Crippen molar-refractivity contribution < 1.29 is 14.1 Å². The topological polar surface area (TPSA) is 79.6 Å². The summed E-state index contributed by atoms with van der Waals surface area (Å²) in [5, 5.41) is 8.84. The number of pyridine rings is 1. The second kappa shape index (κ2) is 3.75. The largest absolute Gasteiger partial charge is 0.478 e. The molecule has 0 fully saturated rings. The molecule has 0 saturated heterocycles. The summed E-state index contributed by atoms with van der Waals surface area (Å²) in [4.78, 5) is 14.6. The van der Waals surface area contributed by atoms with Crippen LogP contribution in [0.3, 0.4) is 0 Å². The van der Waals surface area contributed by atoms with Crippen molar-refractivity contribution in [3.63, 3.8) is 0 Å². The third kappa shape index (κ3) is 1.90. The summed E-state index contributed by atoms with van der Waals surface area (Å²) in [5.41, 5.74) is -0.0643. The summed E-state index contributed by atoms with van der Waals surface area (Å²) < 4.78 is 15.4. The molecule has 0 bridgehead atoms. The molecule has 1 atom stereocenters. The van der Waals surface area contributed by atoms with Crippen molar-refractivity contribution in [2.24, 2.45) is 4.36 Å². The predicted molar refractivity (Wildman–Crippen MR) is 51.9 cm³/mol. The summed E-state index contributed by atoms with van der Waals surface area (Å²) in [6, 6.07) is 2.84. The van der Waals surface area contributed by atoms with Crippen molar-refractivity contribution in [3.8, 4) is 0 Å². The number of carboxylic acid groups (broad SMARTS) is 1. The van der Waals surface area contributed by atoms with E-state index in [9.17, 15) is 9.00 Å². The highest BCUT2D eigenvalue weighted by Gasteiger charge is 2.16. The molecular formula is C8H10N2O3S. The number of nitrogens with zero attached hydrogens (tertiary/aromatic N) is 2. The van der Waals surface area contributed by atoms with Gasteiger partial charge in [0.25, 0.3) is 0 Å². The van der Waals surface area contributed by atoms with E-state index in [1.165, 1.54) is 31.6 Å². The normalized spacial score (nSPS) is 14.4. The molecular weight excluding hydrogens is 204 g/mol. The number of rotatable bonds is 2. The van der Waals surface area contributed by atoms with E-state index in [4.69, 9.17) is 5.11 Å². The fourth-order valence-corrected chi connectivity index (χ4v) is 1.93. The first-order chi connectivity index (χ1) is 6.49. The predicted octanol–water partition coefficient (Wildman–Crippen LogP) is 0.866. The number of aromatic nitrogens is 1. The second-order valence-corrected chi connectivity index (χ2v) is 5.00. The van der Waals surface area contributed by atoms with Gasteiger partial charge >= 0.3 is 5.97 Å². The Morgan fingerprint density at radius 3 is 2.79 bits per heavy atom. The van der Waals surface area contributed by atoms with Crippen LogP contribution in [0.5, 0.6) is 0 Å². The third-order valence-corrected chi connectivity index (χ3v) is 3.45. The molecule has 0 radical (unpaired) electrons. The van der Waals surface area contributed by atoms with E-state index in [1.807, 2.05) is 0 Å². The van der Waals surface area contributed by atoms with Crippen molar-refractivity contribution in [2.45, 2.75) is 5.03 Å². The van der Waals surface area contributed by atoms with Crippen LogP contribution in [0.25, 0.3) is 0 Å². The fourth-order valence-electron chi connectivity index (χ4n) is 0.942. The molecule has 0 saturated carbocycles. The van der Waals surface area contributed by atoms with Gasteiger partial charge in [-0.05, 0) is 12.1 Å². The zero-order valence-electron chi connectivity index (χ0n) is 7.80. The van der Waals surface area contributed by atoms with E-state index in [2.05, 4.69) is 9.35 Å². The molecule has 1 heterocycles. The molecule has 0 unspecified atom stereocenters. The molecule has 0 aliphatic carbocycles. The van der Waals surface area contributed by atoms with Crippen molar-refractivity contribution in [1.82, 2.24) is 4.98 Å². The minimum Gasteiger partial charge on any atom is -0.478 e. The Balaban J connectivity index is 3.51. The summed E-state index contributed by atoms with van der Waals surface area (Å²) in [5.74, 6) is -1.15. The number of carbonyl (C=O) groups is 1. The SMILES string of the molecule is CN=[S@](C)(=O)c1ncccc1C(=O)O. The number of hydrogen-bond donors (Lipinski definition) is 1. The molecule has 6 heteroatoms. The van der Waals surface area contributed by atoms with Crippen molar-refractivity contribution in [1.29, 1.82) is 0 Å². The monoisotopic (exact) mass is 214 g/mol. The first-order valence-electron chi connectivity index (χ1n) is 3.77. The average Bonchev–Trinajstić information content (AvgIpc) is 2.18. The van der Waals surface area contributed by atoms with Crippen molar-refractivity contribution in [3.05, 3.63) is 23.9 Å². The molecule has 14 heavy (non-hydrogen) atoms. The van der Waals surface area contributed by atoms with Crippen LogP contribution in [0.2, 0.25) is 0 Å². The minimum absolute atomic E-state index is 0.0231. The summed E-state index contributed by atoms with van der Waals surface area (Å²) in [7, 11) is -1.31. The van der Waals surface area contributed by atoms with Crippen LogP contribution in [0.15, 0.2) is 27.7 Å². The van der Waals surface area contributed by atoms with Gasteiger partial charge in [0, 0.05) is 19.5 Å². The Hall–Kier alpha value is -1.43. The molecule has 5 nitrogen and oxygen atoms in total. The fraction of sp³-hybridized carbons (Fsp3) is 0.250. The maximum atomic E-state index is 11.8. The molecule has 1 N–H and O–H groups in total. The Morgan fingerprint density at radius 2 is 2.29 bits per heavy atom. The maximum Gasteiger partial charge on any atom is 0.338 e. The van der Waals surface area contributed by atoms with E-state index in [-0.39, 0.29) is 10.6 Å². The summed E-state index contributed by atoms with van der Waals surface area (Å²) in [6.07, 6.45) is 2.76. The molecule has 76 valence electrons. The number of hydrogen-bond acceptors (Lipinski definition) is 4. The molecule has 0 aliphatic rings. The summed E-state index contributed by atoms with van der Waals surface area (Å²) in [6.45, 7) is 0. The Kier molecular flexibility index (Phi) is 2.85. The molecule has 0 aliphatic heterocycles. The van der Waals surface area contributed by atoms with Gasteiger partial charge < -0.3 is 5.11 Å². The van der Waals surface area contributed by atoms with E-state index >= 15 is 0 Å². The van der Waals surface area contributed by atoms with Crippen LogP contribution < -0.4 is 0 Å². The standard InChI is InChI=1S/C8H10N2O3S/c1-9-14(2,13)7-6(8(11)12)4-3-5-10-7/h3-5H,1-2H3,(H,11,12)/t14-/m1/s1. The molecule has 1 rings (SSSR count). The van der Waals surface area contributed by atoms with Crippen LogP contribution in [-0.2, 0) is 9.73 Å². The van der Waals surface area contributed by atoms with Crippen molar-refractivity contribution >= 4 is 15.7 Å². The van der Waals surface area contributed by atoms with E-state index in [1.54, 1.807) is 0 Å². The van der Waals surface area contributed by atoms with Gasteiger partial charge in [-0.1, -0.05) is 0 Å². The smallest absolute Gasteiger partial charge is 0.338 e. The van der Waals surface area contributed by atoms with E-state index < -0.39 is 15.7 Å². The van der Waals surface area contributed by atoms with Gasteiger partial charge in [-0.3, -0.25) is 0 Å².